The molecule has 156 valence electrons. The quantitative estimate of drug-likeness (QED) is 0.433. The summed E-state index contributed by atoms with van der Waals surface area (Å²) < 4.78 is 2.78. The largest absolute Gasteiger partial charge is 0.350 e. The molecule has 0 saturated carbocycles. The molecule has 4 aromatic rings. The Labute approximate surface area is 187 Å². The first-order valence-electron chi connectivity index (χ1n) is 10.1. The van der Waals surface area contributed by atoms with Gasteiger partial charge in [-0.15, -0.1) is 0 Å². The molecule has 1 atom stereocenters. The van der Waals surface area contributed by atoms with Crippen LogP contribution in [-0.2, 0) is 17.9 Å². The first kappa shape index (κ1) is 19.6. The molecule has 1 amide bonds. The monoisotopic (exact) mass is 477 g/mol. The second-order valence-electron chi connectivity index (χ2n) is 7.42. The smallest absolute Gasteiger partial charge is 0.238 e. The summed E-state index contributed by atoms with van der Waals surface area (Å²) in [6.45, 7) is 3.41. The molecule has 31 heavy (non-hydrogen) atoms. The Hall–Kier alpha value is -3.33. The molecule has 4 heterocycles. The lowest BCUT2D eigenvalue weighted by atomic mass is 9.95. The summed E-state index contributed by atoms with van der Waals surface area (Å²) in [5.74, 6) is -0.188. The summed E-state index contributed by atoms with van der Waals surface area (Å²) in [5.41, 5.74) is 3.98. The minimum Gasteiger partial charge on any atom is -0.350 e. The minimum atomic E-state index is -0.529. The van der Waals surface area contributed by atoms with Crippen LogP contribution in [-0.4, -0.2) is 30.6 Å². The summed E-state index contributed by atoms with van der Waals surface area (Å²) in [6, 6.07) is 9.64. The van der Waals surface area contributed by atoms with Crippen LogP contribution in [0.15, 0.2) is 53.4 Å². The van der Waals surface area contributed by atoms with Crippen LogP contribution in [0.3, 0.4) is 0 Å². The number of fused-ring (bicyclic) bond motifs is 2. The van der Waals surface area contributed by atoms with Crippen molar-refractivity contribution in [2.75, 3.05) is 10.6 Å². The van der Waals surface area contributed by atoms with E-state index in [1.165, 1.54) is 0 Å². The average molecular weight is 478 g/mol. The molecule has 0 spiro atoms. The van der Waals surface area contributed by atoms with Crippen LogP contribution < -0.4 is 10.6 Å². The van der Waals surface area contributed by atoms with E-state index in [0.717, 1.165) is 39.6 Å². The van der Waals surface area contributed by atoms with Crippen molar-refractivity contribution in [3.05, 3.63) is 70.2 Å². The summed E-state index contributed by atoms with van der Waals surface area (Å²) in [6.07, 6.45) is 6.38. The van der Waals surface area contributed by atoms with Gasteiger partial charge in [0.15, 0.2) is 5.65 Å². The lowest BCUT2D eigenvalue weighted by molar-refractivity contribution is -0.116. The molecule has 0 bridgehead atoms. The van der Waals surface area contributed by atoms with Crippen LogP contribution in [0.4, 0.5) is 11.6 Å². The molecule has 1 aliphatic rings. The van der Waals surface area contributed by atoms with Crippen molar-refractivity contribution in [1.82, 2.24) is 24.7 Å². The molecule has 8 nitrogen and oxygen atoms in total. The third kappa shape index (κ3) is 3.76. The van der Waals surface area contributed by atoms with Crippen molar-refractivity contribution in [1.29, 1.82) is 0 Å². The number of carbonyl (C=O) groups is 1. The van der Waals surface area contributed by atoms with E-state index in [1.54, 1.807) is 12.4 Å². The van der Waals surface area contributed by atoms with Gasteiger partial charge in [0.05, 0.1) is 11.1 Å². The maximum Gasteiger partial charge on any atom is 0.238 e. The van der Waals surface area contributed by atoms with Crippen molar-refractivity contribution in [2.24, 2.45) is 0 Å². The van der Waals surface area contributed by atoms with Gasteiger partial charge in [0.25, 0.3) is 0 Å². The van der Waals surface area contributed by atoms with Gasteiger partial charge < -0.3 is 10.6 Å². The Morgan fingerprint density at radius 1 is 1.19 bits per heavy atom. The number of rotatable bonds is 6. The van der Waals surface area contributed by atoms with Crippen molar-refractivity contribution in [2.45, 2.75) is 32.4 Å². The van der Waals surface area contributed by atoms with Gasteiger partial charge in [-0.05, 0) is 47.9 Å². The SMILES string of the molecule is CCCn1cc2c(C3C(=O)Nc4ccc(Br)cc43)nc(NCc3ccncc3)nc2n1. The van der Waals surface area contributed by atoms with Crippen LogP contribution in [0.5, 0.6) is 0 Å². The molecule has 2 N–H and O–H groups in total. The average Bonchev–Trinajstić information content (AvgIpc) is 3.32. The Balaban J connectivity index is 1.60. The molecule has 3 aromatic heterocycles. The predicted molar refractivity (Wildman–Crippen MR) is 122 cm³/mol. The van der Waals surface area contributed by atoms with E-state index in [4.69, 9.17) is 4.98 Å². The molecule has 0 radical (unpaired) electrons. The predicted octanol–water partition coefficient (Wildman–Crippen LogP) is 4.09. The summed E-state index contributed by atoms with van der Waals surface area (Å²) in [7, 11) is 0. The molecule has 1 aliphatic heterocycles. The number of nitrogens with zero attached hydrogens (tertiary/aromatic N) is 5. The fourth-order valence-electron chi connectivity index (χ4n) is 3.80. The number of anilines is 2. The lowest BCUT2D eigenvalue weighted by Gasteiger charge is -2.12. The number of amides is 1. The first-order valence-corrected chi connectivity index (χ1v) is 10.9. The molecule has 1 unspecified atom stereocenters. The van der Waals surface area contributed by atoms with Gasteiger partial charge in [0.1, 0.15) is 5.92 Å². The van der Waals surface area contributed by atoms with Crippen molar-refractivity contribution < 1.29 is 4.79 Å². The minimum absolute atomic E-state index is 0.101. The Morgan fingerprint density at radius 2 is 2.03 bits per heavy atom. The number of carbonyl (C=O) groups excluding carboxylic acids is 1. The number of pyridine rings is 1. The highest BCUT2D eigenvalue weighted by Crippen LogP contribution is 2.40. The van der Waals surface area contributed by atoms with Gasteiger partial charge in [0, 0.05) is 41.8 Å². The molecule has 5 rings (SSSR count). The van der Waals surface area contributed by atoms with Crippen molar-refractivity contribution >= 4 is 44.5 Å². The van der Waals surface area contributed by atoms with Crippen LogP contribution >= 0.6 is 15.9 Å². The van der Waals surface area contributed by atoms with E-state index in [2.05, 4.69) is 48.6 Å². The fraction of sp³-hybridized carbons (Fsp3) is 0.227. The van der Waals surface area contributed by atoms with E-state index in [-0.39, 0.29) is 5.91 Å². The second kappa shape index (κ2) is 8.07. The maximum absolute atomic E-state index is 13.0. The van der Waals surface area contributed by atoms with Gasteiger partial charge in [-0.2, -0.15) is 10.1 Å². The summed E-state index contributed by atoms with van der Waals surface area (Å²) in [4.78, 5) is 26.4. The maximum atomic E-state index is 13.0. The Kier molecular flexibility index (Phi) is 5.11. The van der Waals surface area contributed by atoms with Crippen molar-refractivity contribution in [3.63, 3.8) is 0 Å². The highest BCUT2D eigenvalue weighted by Gasteiger charge is 2.35. The Bertz CT molecular complexity index is 1270. The molecular formula is C22H20BrN7O. The molecule has 9 heteroatoms. The third-order valence-corrected chi connectivity index (χ3v) is 5.72. The van der Waals surface area contributed by atoms with Gasteiger partial charge >= 0.3 is 0 Å². The lowest BCUT2D eigenvalue weighted by Crippen LogP contribution is -2.16. The standard InChI is InChI=1S/C22H20BrN7O/c1-2-9-30-12-16-19(18-15-10-14(23)3-4-17(15)26-21(18)31)27-22(28-20(16)29-30)25-11-13-5-7-24-8-6-13/h3-8,10,12,18H,2,9,11H2,1H3,(H,26,31)(H,25,28,29). The van der Waals surface area contributed by atoms with Gasteiger partial charge in [-0.1, -0.05) is 22.9 Å². The molecule has 0 saturated heterocycles. The van der Waals surface area contributed by atoms with Gasteiger partial charge in [0.2, 0.25) is 11.9 Å². The second-order valence-corrected chi connectivity index (χ2v) is 8.34. The van der Waals surface area contributed by atoms with Crippen molar-refractivity contribution in [3.8, 4) is 0 Å². The highest BCUT2D eigenvalue weighted by molar-refractivity contribution is 9.10. The summed E-state index contributed by atoms with van der Waals surface area (Å²) in [5, 5.41) is 11.7. The van der Waals surface area contributed by atoms with Crippen LogP contribution in [0.1, 0.15) is 36.1 Å². The number of aromatic nitrogens is 5. The zero-order valence-electron chi connectivity index (χ0n) is 16.8. The Morgan fingerprint density at radius 3 is 2.84 bits per heavy atom. The number of hydrogen-bond acceptors (Lipinski definition) is 6. The number of hydrogen-bond donors (Lipinski definition) is 2. The first-order chi connectivity index (χ1) is 15.1. The van der Waals surface area contributed by atoms with E-state index < -0.39 is 5.92 Å². The number of benzene rings is 1. The van der Waals surface area contributed by atoms with Gasteiger partial charge in [-0.25, -0.2) is 4.98 Å². The zero-order chi connectivity index (χ0) is 21.4. The van der Waals surface area contributed by atoms with Crippen LogP contribution in [0, 0.1) is 0 Å². The zero-order valence-corrected chi connectivity index (χ0v) is 18.4. The van der Waals surface area contributed by atoms with E-state index in [0.29, 0.717) is 23.8 Å². The third-order valence-electron chi connectivity index (χ3n) is 5.23. The highest BCUT2D eigenvalue weighted by atomic mass is 79.9. The summed E-state index contributed by atoms with van der Waals surface area (Å²) >= 11 is 3.52. The normalized spacial score (nSPS) is 15.2. The molecule has 1 aromatic carbocycles. The number of nitrogens with one attached hydrogen (secondary N) is 2. The molecule has 0 fully saturated rings. The number of halogens is 1. The fourth-order valence-corrected chi connectivity index (χ4v) is 4.18. The van der Waals surface area contributed by atoms with Gasteiger partial charge in [-0.3, -0.25) is 14.5 Å². The number of aryl methyl sites for hydroxylation is 1. The van der Waals surface area contributed by atoms with Crippen LogP contribution in [0.2, 0.25) is 0 Å². The molecular weight excluding hydrogens is 458 g/mol. The van der Waals surface area contributed by atoms with E-state index in [9.17, 15) is 4.79 Å². The van der Waals surface area contributed by atoms with E-state index in [1.807, 2.05) is 41.2 Å². The topological polar surface area (TPSA) is 97.6 Å². The van der Waals surface area contributed by atoms with E-state index >= 15 is 0 Å². The van der Waals surface area contributed by atoms with Crippen LogP contribution in [0.25, 0.3) is 11.0 Å². The molecule has 0 aliphatic carbocycles.